The number of hydrogen-bond donors (Lipinski definition) is 1. The molecule has 2 aromatic rings. The van der Waals surface area contributed by atoms with Crippen LogP contribution >= 0.6 is 0 Å². The summed E-state index contributed by atoms with van der Waals surface area (Å²) in [5.74, 6) is 4.95. The summed E-state index contributed by atoms with van der Waals surface area (Å²) in [7, 11) is -3.71. The first-order valence-corrected chi connectivity index (χ1v) is 8.22. The lowest BCUT2D eigenvalue weighted by Crippen LogP contribution is -2.23. The van der Waals surface area contributed by atoms with Crippen LogP contribution in [0.2, 0.25) is 0 Å². The number of carbonyl (C=O) groups is 1. The van der Waals surface area contributed by atoms with Gasteiger partial charge in [0.25, 0.3) is 0 Å². The van der Waals surface area contributed by atoms with E-state index in [0.717, 1.165) is 12.1 Å². The number of halogens is 1. The number of carbonyl (C=O) groups excluding carboxylic acids is 1. The van der Waals surface area contributed by atoms with Gasteiger partial charge in [0.1, 0.15) is 5.82 Å². The third-order valence-electron chi connectivity index (χ3n) is 3.00. The van der Waals surface area contributed by atoms with Gasteiger partial charge in [-0.15, -0.1) is 0 Å². The minimum absolute atomic E-state index is 0.0217. The largest absolute Gasteiger partial charge is 0.295 e. The van der Waals surface area contributed by atoms with Gasteiger partial charge in [-0.3, -0.25) is 4.79 Å². The Morgan fingerprint density at radius 2 is 1.70 bits per heavy atom. The Kier molecular flexibility index (Phi) is 5.27. The number of Topliss-reactive ketones (excluding diaryl/α,β-unsaturated/α-hetero) is 1. The van der Waals surface area contributed by atoms with Gasteiger partial charge in [0.15, 0.2) is 5.78 Å². The van der Waals surface area contributed by atoms with Crippen LogP contribution in [0.15, 0.2) is 53.4 Å². The Balaban J connectivity index is 1.99. The second-order valence-corrected chi connectivity index (χ2v) is 6.48. The average molecular weight is 331 g/mol. The van der Waals surface area contributed by atoms with Crippen molar-refractivity contribution in [3.8, 4) is 11.8 Å². The molecule has 2 rings (SSSR count). The molecular weight excluding hydrogens is 317 g/mol. The SMILES string of the molecule is CC(=O)c1ccc(C#CCNS(=O)(=O)c2ccc(F)cc2)cc1. The number of nitrogens with one attached hydrogen (secondary N) is 1. The van der Waals surface area contributed by atoms with Crippen LogP contribution in [-0.4, -0.2) is 20.7 Å². The van der Waals surface area contributed by atoms with E-state index in [-0.39, 0.29) is 17.2 Å². The topological polar surface area (TPSA) is 63.2 Å². The van der Waals surface area contributed by atoms with Crippen molar-refractivity contribution in [2.45, 2.75) is 11.8 Å². The van der Waals surface area contributed by atoms with Gasteiger partial charge in [0.2, 0.25) is 10.0 Å². The Labute approximate surface area is 134 Å². The summed E-state index contributed by atoms with van der Waals surface area (Å²) < 4.78 is 39.0. The molecule has 0 saturated carbocycles. The quantitative estimate of drug-likeness (QED) is 0.691. The second kappa shape index (κ2) is 7.18. The van der Waals surface area contributed by atoms with Crippen LogP contribution in [0.4, 0.5) is 4.39 Å². The number of rotatable bonds is 4. The molecule has 0 aliphatic carbocycles. The molecule has 0 atom stereocenters. The molecule has 0 heterocycles. The van der Waals surface area contributed by atoms with Crippen molar-refractivity contribution in [1.29, 1.82) is 0 Å². The maximum atomic E-state index is 12.8. The first-order chi connectivity index (χ1) is 10.9. The van der Waals surface area contributed by atoms with Crippen molar-refractivity contribution in [2.24, 2.45) is 0 Å². The molecule has 0 aromatic heterocycles. The molecule has 4 nitrogen and oxygen atoms in total. The molecule has 6 heteroatoms. The highest BCUT2D eigenvalue weighted by atomic mass is 32.2. The van der Waals surface area contributed by atoms with Crippen molar-refractivity contribution in [3.05, 3.63) is 65.5 Å². The third kappa shape index (κ3) is 4.74. The van der Waals surface area contributed by atoms with Crippen LogP contribution in [-0.2, 0) is 10.0 Å². The molecule has 0 aliphatic heterocycles. The van der Waals surface area contributed by atoms with Gasteiger partial charge in [-0.2, -0.15) is 4.72 Å². The van der Waals surface area contributed by atoms with Crippen LogP contribution in [0.1, 0.15) is 22.8 Å². The standard InChI is InChI=1S/C17H14FNO3S/c1-13(20)15-6-4-14(5-7-15)3-2-12-19-23(21,22)17-10-8-16(18)9-11-17/h4-11,19H,12H2,1H3. The van der Waals surface area contributed by atoms with Crippen molar-refractivity contribution in [1.82, 2.24) is 4.72 Å². The van der Waals surface area contributed by atoms with Crippen molar-refractivity contribution in [2.75, 3.05) is 6.54 Å². The summed E-state index contributed by atoms with van der Waals surface area (Å²) in [6, 6.07) is 11.2. The second-order valence-electron chi connectivity index (χ2n) is 4.71. The summed E-state index contributed by atoms with van der Waals surface area (Å²) in [5.41, 5.74) is 1.27. The molecule has 0 saturated heterocycles. The van der Waals surface area contributed by atoms with Gasteiger partial charge in [0.05, 0.1) is 11.4 Å². The van der Waals surface area contributed by atoms with E-state index in [0.29, 0.717) is 11.1 Å². The highest BCUT2D eigenvalue weighted by Gasteiger charge is 2.12. The first kappa shape index (κ1) is 16.9. The maximum absolute atomic E-state index is 12.8. The molecule has 118 valence electrons. The summed E-state index contributed by atoms with van der Waals surface area (Å²) in [6.45, 7) is 1.40. The van der Waals surface area contributed by atoms with E-state index in [1.165, 1.54) is 19.1 Å². The normalized spacial score (nSPS) is 10.7. The Morgan fingerprint density at radius 1 is 1.09 bits per heavy atom. The van der Waals surface area contributed by atoms with Crippen molar-refractivity contribution >= 4 is 15.8 Å². The number of hydrogen-bond acceptors (Lipinski definition) is 3. The van der Waals surface area contributed by atoms with Crippen molar-refractivity contribution in [3.63, 3.8) is 0 Å². The fraction of sp³-hybridized carbons (Fsp3) is 0.118. The lowest BCUT2D eigenvalue weighted by atomic mass is 10.1. The van der Waals surface area contributed by atoms with Crippen LogP contribution in [0, 0.1) is 17.7 Å². The monoisotopic (exact) mass is 331 g/mol. The molecule has 0 spiro atoms. The number of sulfonamides is 1. The molecular formula is C17H14FNO3S. The summed E-state index contributed by atoms with van der Waals surface area (Å²) >= 11 is 0. The van der Waals surface area contributed by atoms with E-state index < -0.39 is 15.8 Å². The molecule has 0 fully saturated rings. The molecule has 0 unspecified atom stereocenters. The van der Waals surface area contributed by atoms with E-state index in [9.17, 15) is 17.6 Å². The third-order valence-corrected chi connectivity index (χ3v) is 4.42. The van der Waals surface area contributed by atoms with E-state index >= 15 is 0 Å². The summed E-state index contributed by atoms with van der Waals surface area (Å²) in [4.78, 5) is 11.1. The summed E-state index contributed by atoms with van der Waals surface area (Å²) in [6.07, 6.45) is 0. The van der Waals surface area contributed by atoms with Crippen LogP contribution in [0.5, 0.6) is 0 Å². The highest BCUT2D eigenvalue weighted by molar-refractivity contribution is 7.89. The summed E-state index contributed by atoms with van der Waals surface area (Å²) in [5, 5.41) is 0. The molecule has 0 radical (unpaired) electrons. The highest BCUT2D eigenvalue weighted by Crippen LogP contribution is 2.09. The smallest absolute Gasteiger partial charge is 0.241 e. The molecule has 0 aliphatic rings. The first-order valence-electron chi connectivity index (χ1n) is 6.73. The van der Waals surface area contributed by atoms with E-state index in [2.05, 4.69) is 16.6 Å². The van der Waals surface area contributed by atoms with E-state index in [1.807, 2.05) is 0 Å². The Morgan fingerprint density at radius 3 is 2.26 bits per heavy atom. The zero-order valence-electron chi connectivity index (χ0n) is 12.3. The van der Waals surface area contributed by atoms with Crippen molar-refractivity contribution < 1.29 is 17.6 Å². The fourth-order valence-electron chi connectivity index (χ4n) is 1.76. The Bertz CT molecular complexity index is 861. The molecule has 0 bridgehead atoms. The zero-order chi connectivity index (χ0) is 16.9. The lowest BCUT2D eigenvalue weighted by Gasteiger charge is -2.03. The lowest BCUT2D eigenvalue weighted by molar-refractivity contribution is 0.101. The molecule has 0 amide bonds. The maximum Gasteiger partial charge on any atom is 0.241 e. The predicted octanol–water partition coefficient (Wildman–Crippen LogP) is 2.36. The minimum Gasteiger partial charge on any atom is -0.295 e. The van der Waals surface area contributed by atoms with Gasteiger partial charge in [-0.25, -0.2) is 12.8 Å². The van der Waals surface area contributed by atoms with E-state index in [4.69, 9.17) is 0 Å². The van der Waals surface area contributed by atoms with Gasteiger partial charge in [0, 0.05) is 11.1 Å². The van der Waals surface area contributed by atoms with Crippen LogP contribution < -0.4 is 4.72 Å². The molecule has 1 N–H and O–H groups in total. The van der Waals surface area contributed by atoms with Gasteiger partial charge < -0.3 is 0 Å². The van der Waals surface area contributed by atoms with Gasteiger partial charge >= 0.3 is 0 Å². The zero-order valence-corrected chi connectivity index (χ0v) is 13.2. The Hall–Kier alpha value is -2.49. The van der Waals surface area contributed by atoms with Crippen LogP contribution in [0.25, 0.3) is 0 Å². The molecule has 23 heavy (non-hydrogen) atoms. The van der Waals surface area contributed by atoms with E-state index in [1.54, 1.807) is 24.3 Å². The van der Waals surface area contributed by atoms with Crippen LogP contribution in [0.3, 0.4) is 0 Å². The predicted molar refractivity (Wildman–Crippen MR) is 84.9 cm³/mol. The molecule has 2 aromatic carbocycles. The fourth-order valence-corrected chi connectivity index (χ4v) is 2.69. The van der Waals surface area contributed by atoms with Gasteiger partial charge in [-0.1, -0.05) is 24.0 Å². The van der Waals surface area contributed by atoms with Gasteiger partial charge in [-0.05, 0) is 43.3 Å². The number of ketones is 1. The number of benzene rings is 2. The minimum atomic E-state index is -3.71. The average Bonchev–Trinajstić information content (AvgIpc) is 2.52.